The smallest absolute Gasteiger partial charge is 0.389 e. The molecule has 1 atom stereocenters. The van der Waals surface area contributed by atoms with Crippen molar-refractivity contribution in [3.63, 3.8) is 0 Å². The molecule has 1 rings (SSSR count). The van der Waals surface area contributed by atoms with Crippen LogP contribution in [0.4, 0.5) is 13.2 Å². The molecule has 0 saturated carbocycles. The van der Waals surface area contributed by atoms with E-state index in [0.29, 0.717) is 12.3 Å². The van der Waals surface area contributed by atoms with Gasteiger partial charge in [-0.05, 0) is 37.6 Å². The lowest BCUT2D eigenvalue weighted by Crippen LogP contribution is -2.24. The summed E-state index contributed by atoms with van der Waals surface area (Å²) >= 11 is 3.35. The van der Waals surface area contributed by atoms with Crippen molar-refractivity contribution in [3.05, 3.63) is 28.2 Å². The summed E-state index contributed by atoms with van der Waals surface area (Å²) in [6.45, 7) is 2.64. The van der Waals surface area contributed by atoms with Crippen LogP contribution in [-0.2, 0) is 0 Å². The number of hydrogen-bond acceptors (Lipinski definition) is 2. The minimum Gasteiger partial charge on any atom is -0.496 e. The predicted molar refractivity (Wildman–Crippen MR) is 77.0 cm³/mol. The van der Waals surface area contributed by atoms with Crippen LogP contribution in [0.5, 0.6) is 5.75 Å². The zero-order valence-corrected chi connectivity index (χ0v) is 13.1. The third-order valence-electron chi connectivity index (χ3n) is 2.92. The molecule has 0 bridgehead atoms. The van der Waals surface area contributed by atoms with Crippen molar-refractivity contribution in [1.29, 1.82) is 0 Å². The summed E-state index contributed by atoms with van der Waals surface area (Å²) in [6, 6.07) is 5.00. The molecular formula is C14H19BrF3NO. The monoisotopic (exact) mass is 353 g/mol. The zero-order chi connectivity index (χ0) is 15.2. The number of nitrogens with one attached hydrogen (secondary N) is 1. The van der Waals surface area contributed by atoms with E-state index in [9.17, 15) is 13.2 Å². The molecule has 114 valence electrons. The number of ether oxygens (including phenoxy) is 1. The summed E-state index contributed by atoms with van der Waals surface area (Å²) in [6.07, 6.45) is -4.11. The summed E-state index contributed by atoms with van der Waals surface area (Å²) in [5.41, 5.74) is 0.750. The Labute approximate surface area is 125 Å². The minimum absolute atomic E-state index is 0.00366. The average molecular weight is 354 g/mol. The number of methoxy groups -OCH3 is 1. The lowest BCUT2D eigenvalue weighted by molar-refractivity contribution is -0.136. The molecule has 1 aromatic carbocycles. The number of rotatable bonds is 7. The molecule has 6 heteroatoms. The van der Waals surface area contributed by atoms with E-state index in [1.54, 1.807) is 6.07 Å². The Bertz CT molecular complexity index is 423. The predicted octanol–water partition coefficient (Wildman–Crippen LogP) is 4.84. The van der Waals surface area contributed by atoms with E-state index in [4.69, 9.17) is 4.74 Å². The normalized spacial score (nSPS) is 13.3. The van der Waals surface area contributed by atoms with Crippen molar-refractivity contribution in [2.45, 2.75) is 38.4 Å². The van der Waals surface area contributed by atoms with Crippen molar-refractivity contribution >= 4 is 15.9 Å². The molecule has 2 nitrogen and oxygen atoms in total. The second-order valence-corrected chi connectivity index (χ2v) is 5.46. The van der Waals surface area contributed by atoms with E-state index >= 15 is 0 Å². The molecule has 0 aliphatic rings. The van der Waals surface area contributed by atoms with E-state index in [1.165, 1.54) is 7.11 Å². The Morgan fingerprint density at radius 2 is 2.05 bits per heavy atom. The van der Waals surface area contributed by atoms with Gasteiger partial charge in [-0.25, -0.2) is 0 Å². The maximum absolute atomic E-state index is 12.4. The van der Waals surface area contributed by atoms with Crippen molar-refractivity contribution in [1.82, 2.24) is 5.32 Å². The van der Waals surface area contributed by atoms with Gasteiger partial charge in [0, 0.05) is 22.5 Å². The highest BCUT2D eigenvalue weighted by Gasteiger charge is 2.29. The number of benzene rings is 1. The molecule has 0 aromatic heterocycles. The number of halogens is 4. The van der Waals surface area contributed by atoms with E-state index in [2.05, 4.69) is 21.2 Å². The first-order chi connectivity index (χ1) is 9.37. The van der Waals surface area contributed by atoms with Crippen LogP contribution in [-0.4, -0.2) is 19.8 Å². The highest BCUT2D eigenvalue weighted by atomic mass is 79.9. The van der Waals surface area contributed by atoms with Gasteiger partial charge in [-0.3, -0.25) is 0 Å². The Morgan fingerprint density at radius 1 is 1.35 bits per heavy atom. The molecule has 0 aliphatic carbocycles. The third kappa shape index (κ3) is 5.71. The maximum atomic E-state index is 12.4. The quantitative estimate of drug-likeness (QED) is 0.757. The molecule has 0 spiro atoms. The van der Waals surface area contributed by atoms with Crippen molar-refractivity contribution in [2.75, 3.05) is 13.7 Å². The van der Waals surface area contributed by atoms with Gasteiger partial charge in [0.05, 0.1) is 7.11 Å². The fourth-order valence-corrected chi connectivity index (χ4v) is 2.35. The van der Waals surface area contributed by atoms with Gasteiger partial charge in [-0.1, -0.05) is 22.9 Å². The van der Waals surface area contributed by atoms with E-state index in [-0.39, 0.29) is 12.5 Å². The summed E-state index contributed by atoms with van der Waals surface area (Å²) in [7, 11) is 1.52. The lowest BCUT2D eigenvalue weighted by Gasteiger charge is -2.22. The van der Waals surface area contributed by atoms with Gasteiger partial charge in [-0.15, -0.1) is 0 Å². The summed E-state index contributed by atoms with van der Waals surface area (Å²) in [4.78, 5) is 0. The van der Waals surface area contributed by atoms with E-state index < -0.39 is 12.6 Å². The highest BCUT2D eigenvalue weighted by molar-refractivity contribution is 9.10. The average Bonchev–Trinajstić information content (AvgIpc) is 2.37. The fourth-order valence-electron chi connectivity index (χ4n) is 1.97. The number of alkyl halides is 3. The summed E-state index contributed by atoms with van der Waals surface area (Å²) < 4.78 is 43.4. The van der Waals surface area contributed by atoms with Crippen LogP contribution in [0.3, 0.4) is 0 Å². The molecule has 0 aliphatic heterocycles. The zero-order valence-electron chi connectivity index (χ0n) is 11.6. The topological polar surface area (TPSA) is 21.3 Å². The highest BCUT2D eigenvalue weighted by Crippen LogP contribution is 2.33. The van der Waals surface area contributed by atoms with Gasteiger partial charge >= 0.3 is 6.18 Å². The van der Waals surface area contributed by atoms with Crippen molar-refractivity contribution in [2.24, 2.45) is 0 Å². The Morgan fingerprint density at radius 3 is 2.60 bits per heavy atom. The van der Waals surface area contributed by atoms with Gasteiger partial charge in [0.15, 0.2) is 0 Å². The van der Waals surface area contributed by atoms with Gasteiger partial charge < -0.3 is 10.1 Å². The van der Waals surface area contributed by atoms with Gasteiger partial charge in [-0.2, -0.15) is 13.2 Å². The first kappa shape index (κ1) is 17.3. The first-order valence-corrected chi connectivity index (χ1v) is 7.30. The molecule has 0 radical (unpaired) electrons. The molecule has 1 unspecified atom stereocenters. The SMILES string of the molecule is CCCNC(CCC(F)(F)F)c1cc(Br)ccc1OC. The first-order valence-electron chi connectivity index (χ1n) is 6.51. The second-order valence-electron chi connectivity index (χ2n) is 4.55. The number of hydrogen-bond donors (Lipinski definition) is 1. The molecule has 0 amide bonds. The minimum atomic E-state index is -4.15. The standard InChI is InChI=1S/C14H19BrF3NO/c1-3-8-19-12(6-7-14(16,17)18)11-9-10(15)4-5-13(11)20-2/h4-5,9,12,19H,3,6-8H2,1-2H3. The third-order valence-corrected chi connectivity index (χ3v) is 3.42. The molecule has 20 heavy (non-hydrogen) atoms. The Hall–Kier alpha value is -0.750. The summed E-state index contributed by atoms with van der Waals surface area (Å²) in [5.74, 6) is 0.601. The van der Waals surface area contributed by atoms with Crippen LogP contribution < -0.4 is 10.1 Å². The van der Waals surface area contributed by atoms with Crippen molar-refractivity contribution < 1.29 is 17.9 Å². The van der Waals surface area contributed by atoms with Gasteiger partial charge in [0.2, 0.25) is 0 Å². The van der Waals surface area contributed by atoms with Crippen LogP contribution in [0, 0.1) is 0 Å². The van der Waals surface area contributed by atoms with Gasteiger partial charge in [0.25, 0.3) is 0 Å². The Balaban J connectivity index is 2.94. The Kier molecular flexibility index (Phi) is 6.82. The van der Waals surface area contributed by atoms with E-state index in [1.807, 2.05) is 19.1 Å². The lowest BCUT2D eigenvalue weighted by atomic mass is 10.0. The summed E-state index contributed by atoms with van der Waals surface area (Å²) in [5, 5.41) is 3.16. The molecule has 1 N–H and O–H groups in total. The van der Waals surface area contributed by atoms with Crippen LogP contribution in [0.1, 0.15) is 37.8 Å². The van der Waals surface area contributed by atoms with Crippen LogP contribution in [0.25, 0.3) is 0 Å². The second kappa shape index (κ2) is 7.88. The van der Waals surface area contributed by atoms with Crippen LogP contribution in [0.2, 0.25) is 0 Å². The molecular weight excluding hydrogens is 335 g/mol. The van der Waals surface area contributed by atoms with E-state index in [0.717, 1.165) is 16.5 Å². The van der Waals surface area contributed by atoms with Crippen LogP contribution >= 0.6 is 15.9 Å². The largest absolute Gasteiger partial charge is 0.496 e. The van der Waals surface area contributed by atoms with Gasteiger partial charge in [0.1, 0.15) is 5.75 Å². The van der Waals surface area contributed by atoms with Crippen molar-refractivity contribution in [3.8, 4) is 5.75 Å². The molecule has 0 heterocycles. The molecule has 1 aromatic rings. The fraction of sp³-hybridized carbons (Fsp3) is 0.571. The van der Waals surface area contributed by atoms with Crippen LogP contribution in [0.15, 0.2) is 22.7 Å². The maximum Gasteiger partial charge on any atom is 0.389 e. The molecule has 0 saturated heterocycles. The molecule has 0 fully saturated rings.